The number of carbonyl (C=O) groups is 1. The second kappa shape index (κ2) is 5.94. The Balaban J connectivity index is 1.62. The molecular weight excluding hydrogens is 252 g/mol. The molecule has 108 valence electrons. The molecule has 2 saturated heterocycles. The highest BCUT2D eigenvalue weighted by Gasteiger charge is 2.22. The lowest BCUT2D eigenvalue weighted by Gasteiger charge is -2.23. The van der Waals surface area contributed by atoms with Crippen LogP contribution in [0.25, 0.3) is 0 Å². The van der Waals surface area contributed by atoms with Gasteiger partial charge in [0.05, 0.1) is 6.61 Å². The highest BCUT2D eigenvalue weighted by molar-refractivity contribution is 5.95. The Morgan fingerprint density at radius 3 is 2.75 bits per heavy atom. The predicted octanol–water partition coefficient (Wildman–Crippen LogP) is 2.03. The predicted molar refractivity (Wildman–Crippen MR) is 78.7 cm³/mol. The normalized spacial score (nSPS) is 23.0. The Hall–Kier alpha value is -1.39. The second-order valence-corrected chi connectivity index (χ2v) is 5.75. The fourth-order valence-corrected chi connectivity index (χ4v) is 2.99. The number of nitrogens with zero attached hydrogens (tertiary/aromatic N) is 2. The van der Waals surface area contributed by atoms with E-state index >= 15 is 0 Å². The number of anilines is 1. The quantitative estimate of drug-likeness (QED) is 0.842. The summed E-state index contributed by atoms with van der Waals surface area (Å²) in [4.78, 5) is 16.0. The van der Waals surface area contributed by atoms with Gasteiger partial charge in [-0.15, -0.1) is 0 Å². The molecule has 1 unspecified atom stereocenters. The van der Waals surface area contributed by atoms with Gasteiger partial charge in [0.1, 0.15) is 0 Å². The molecule has 2 aliphatic heterocycles. The van der Waals surface area contributed by atoms with Gasteiger partial charge in [-0.25, -0.2) is 0 Å². The molecule has 4 nitrogen and oxygen atoms in total. The molecule has 0 radical (unpaired) electrons. The van der Waals surface area contributed by atoms with E-state index in [1.807, 2.05) is 4.90 Å². The number of amides is 1. The standard InChI is InChI=1S/C16H22N2O2/c1-17(15-8-10-20-12-15)11-13-4-6-14(7-5-13)18-9-2-3-16(18)19/h4-7,15H,2-3,8-12H2,1H3. The molecule has 0 saturated carbocycles. The van der Waals surface area contributed by atoms with Crippen LogP contribution >= 0.6 is 0 Å². The van der Waals surface area contributed by atoms with E-state index in [1.165, 1.54) is 5.56 Å². The SMILES string of the molecule is CN(Cc1ccc(N2CCCC2=O)cc1)C1CCOC1. The number of carbonyl (C=O) groups excluding carboxylic acids is 1. The zero-order chi connectivity index (χ0) is 13.9. The summed E-state index contributed by atoms with van der Waals surface area (Å²) in [7, 11) is 2.15. The summed E-state index contributed by atoms with van der Waals surface area (Å²) in [6.07, 6.45) is 2.79. The topological polar surface area (TPSA) is 32.8 Å². The molecule has 20 heavy (non-hydrogen) atoms. The molecule has 3 rings (SSSR count). The largest absolute Gasteiger partial charge is 0.380 e. The fourth-order valence-electron chi connectivity index (χ4n) is 2.99. The van der Waals surface area contributed by atoms with Crippen molar-refractivity contribution < 1.29 is 9.53 Å². The number of hydrogen-bond donors (Lipinski definition) is 0. The summed E-state index contributed by atoms with van der Waals surface area (Å²) in [6.45, 7) is 3.52. The summed E-state index contributed by atoms with van der Waals surface area (Å²) < 4.78 is 5.43. The Labute approximate surface area is 120 Å². The molecule has 2 fully saturated rings. The van der Waals surface area contributed by atoms with E-state index in [1.54, 1.807) is 0 Å². The van der Waals surface area contributed by atoms with Gasteiger partial charge >= 0.3 is 0 Å². The highest BCUT2D eigenvalue weighted by atomic mass is 16.5. The van der Waals surface area contributed by atoms with Gasteiger partial charge in [-0.3, -0.25) is 9.69 Å². The van der Waals surface area contributed by atoms with Crippen molar-refractivity contribution in [2.75, 3.05) is 31.7 Å². The molecule has 1 amide bonds. The Kier molecular flexibility index (Phi) is 4.03. The van der Waals surface area contributed by atoms with Crippen LogP contribution in [0.1, 0.15) is 24.8 Å². The van der Waals surface area contributed by atoms with E-state index < -0.39 is 0 Å². The van der Waals surface area contributed by atoms with E-state index in [0.29, 0.717) is 12.5 Å². The van der Waals surface area contributed by atoms with Gasteiger partial charge < -0.3 is 9.64 Å². The van der Waals surface area contributed by atoms with E-state index in [-0.39, 0.29) is 5.91 Å². The summed E-state index contributed by atoms with van der Waals surface area (Å²) in [5, 5.41) is 0. The minimum Gasteiger partial charge on any atom is -0.380 e. The van der Waals surface area contributed by atoms with Gasteiger partial charge in [0.2, 0.25) is 5.91 Å². The number of hydrogen-bond acceptors (Lipinski definition) is 3. The number of rotatable bonds is 4. The van der Waals surface area contributed by atoms with Crippen LogP contribution in [-0.2, 0) is 16.1 Å². The molecule has 2 heterocycles. The van der Waals surface area contributed by atoms with Crippen molar-refractivity contribution in [3.63, 3.8) is 0 Å². The molecule has 1 aromatic rings. The van der Waals surface area contributed by atoms with Crippen LogP contribution in [0.2, 0.25) is 0 Å². The average Bonchev–Trinajstić information content (AvgIpc) is 3.11. The fraction of sp³-hybridized carbons (Fsp3) is 0.562. The third kappa shape index (κ3) is 2.86. The Morgan fingerprint density at radius 1 is 1.35 bits per heavy atom. The third-order valence-electron chi connectivity index (χ3n) is 4.28. The maximum absolute atomic E-state index is 11.7. The van der Waals surface area contributed by atoms with Gasteiger partial charge in [-0.05, 0) is 37.6 Å². The van der Waals surface area contributed by atoms with Gasteiger partial charge in [0.25, 0.3) is 0 Å². The van der Waals surface area contributed by atoms with Crippen LogP contribution < -0.4 is 4.90 Å². The first-order valence-electron chi connectivity index (χ1n) is 7.41. The first kappa shape index (κ1) is 13.6. The van der Waals surface area contributed by atoms with Crippen molar-refractivity contribution in [1.29, 1.82) is 0 Å². The second-order valence-electron chi connectivity index (χ2n) is 5.75. The van der Waals surface area contributed by atoms with Crippen LogP contribution in [0.4, 0.5) is 5.69 Å². The lowest BCUT2D eigenvalue weighted by molar-refractivity contribution is -0.117. The highest BCUT2D eigenvalue weighted by Crippen LogP contribution is 2.22. The number of likely N-dealkylation sites (N-methyl/N-ethyl adjacent to an activating group) is 1. The summed E-state index contributed by atoms with van der Waals surface area (Å²) in [5.41, 5.74) is 2.32. The molecular formula is C16H22N2O2. The Morgan fingerprint density at radius 2 is 2.15 bits per heavy atom. The molecule has 0 N–H and O–H groups in total. The first-order valence-corrected chi connectivity index (χ1v) is 7.41. The minimum absolute atomic E-state index is 0.248. The van der Waals surface area contributed by atoms with E-state index in [9.17, 15) is 4.79 Å². The summed E-state index contributed by atoms with van der Waals surface area (Å²) in [5.74, 6) is 0.248. The van der Waals surface area contributed by atoms with E-state index in [0.717, 1.165) is 44.8 Å². The van der Waals surface area contributed by atoms with Crippen LogP contribution in [-0.4, -0.2) is 43.7 Å². The molecule has 1 atom stereocenters. The number of ether oxygens (including phenoxy) is 1. The zero-order valence-corrected chi connectivity index (χ0v) is 12.0. The number of benzene rings is 1. The molecule has 0 aliphatic carbocycles. The third-order valence-corrected chi connectivity index (χ3v) is 4.28. The molecule has 4 heteroatoms. The van der Waals surface area contributed by atoms with Crippen LogP contribution in [0.3, 0.4) is 0 Å². The molecule has 1 aromatic carbocycles. The van der Waals surface area contributed by atoms with Gasteiger partial charge in [0.15, 0.2) is 0 Å². The van der Waals surface area contributed by atoms with Gasteiger partial charge in [-0.2, -0.15) is 0 Å². The van der Waals surface area contributed by atoms with Crippen molar-refractivity contribution in [2.24, 2.45) is 0 Å². The van der Waals surface area contributed by atoms with Crippen molar-refractivity contribution in [3.05, 3.63) is 29.8 Å². The van der Waals surface area contributed by atoms with E-state index in [2.05, 4.69) is 36.2 Å². The summed E-state index contributed by atoms with van der Waals surface area (Å²) >= 11 is 0. The van der Waals surface area contributed by atoms with Crippen molar-refractivity contribution in [3.8, 4) is 0 Å². The Bertz CT molecular complexity index is 466. The first-order chi connectivity index (χ1) is 9.74. The van der Waals surface area contributed by atoms with Crippen molar-refractivity contribution in [2.45, 2.75) is 31.8 Å². The lowest BCUT2D eigenvalue weighted by atomic mass is 10.1. The van der Waals surface area contributed by atoms with Gasteiger partial charge in [0, 0.05) is 37.8 Å². The lowest BCUT2D eigenvalue weighted by Crippen LogP contribution is -2.31. The monoisotopic (exact) mass is 274 g/mol. The molecule has 0 spiro atoms. The maximum atomic E-state index is 11.7. The molecule has 2 aliphatic rings. The van der Waals surface area contributed by atoms with Crippen LogP contribution in [0, 0.1) is 0 Å². The van der Waals surface area contributed by atoms with Crippen LogP contribution in [0.5, 0.6) is 0 Å². The molecule has 0 aromatic heterocycles. The van der Waals surface area contributed by atoms with E-state index in [4.69, 9.17) is 4.74 Å². The smallest absolute Gasteiger partial charge is 0.227 e. The van der Waals surface area contributed by atoms with Crippen molar-refractivity contribution in [1.82, 2.24) is 4.90 Å². The average molecular weight is 274 g/mol. The minimum atomic E-state index is 0.248. The molecule has 0 bridgehead atoms. The zero-order valence-electron chi connectivity index (χ0n) is 12.0. The van der Waals surface area contributed by atoms with Crippen LogP contribution in [0.15, 0.2) is 24.3 Å². The van der Waals surface area contributed by atoms with Gasteiger partial charge in [-0.1, -0.05) is 12.1 Å². The maximum Gasteiger partial charge on any atom is 0.227 e. The summed E-state index contributed by atoms with van der Waals surface area (Å²) in [6, 6.07) is 8.94. The van der Waals surface area contributed by atoms with Crippen molar-refractivity contribution >= 4 is 11.6 Å².